The Balaban J connectivity index is 1.10. The molecule has 0 atom stereocenters. The number of hydrogen-bond acceptors (Lipinski definition) is 4. The molecule has 0 amide bonds. The molecule has 6 rings (SSSR count). The van der Waals surface area contributed by atoms with Crippen LogP contribution in [-0.4, -0.2) is 13.5 Å². The van der Waals surface area contributed by atoms with E-state index in [2.05, 4.69) is 109 Å². The van der Waals surface area contributed by atoms with Crippen molar-refractivity contribution in [1.82, 2.24) is 0 Å². The van der Waals surface area contributed by atoms with Gasteiger partial charge >= 0.3 is 0 Å². The normalized spacial score (nSPS) is 14.6. The summed E-state index contributed by atoms with van der Waals surface area (Å²) in [5.74, 6) is 2.00. The standard InChI is InChI=1S/C31H30N2O2/c1-22-3-13-30-26(15-22)18-32(20-34-30)28-9-5-24(6-10-28)17-25-7-11-29(12-8-25)33-19-27-16-23(2)4-14-31(27)35-21-33/h3-16H,17-21H2,1-2H3. The first-order valence-electron chi connectivity index (χ1n) is 12.2. The quantitative estimate of drug-likeness (QED) is 0.341. The average Bonchev–Trinajstić information content (AvgIpc) is 2.89. The predicted octanol–water partition coefficient (Wildman–Crippen LogP) is 6.61. The van der Waals surface area contributed by atoms with Crippen LogP contribution in [0, 0.1) is 13.8 Å². The molecule has 0 N–H and O–H groups in total. The molecular formula is C31H30N2O2. The second kappa shape index (κ2) is 9.03. The molecule has 0 unspecified atom stereocenters. The number of ether oxygens (including phenoxy) is 2. The highest BCUT2D eigenvalue weighted by Gasteiger charge is 2.19. The molecule has 0 aliphatic carbocycles. The smallest absolute Gasteiger partial charge is 0.161 e. The Labute approximate surface area is 207 Å². The summed E-state index contributed by atoms with van der Waals surface area (Å²) in [6.07, 6.45) is 0.914. The number of benzene rings is 4. The van der Waals surface area contributed by atoms with E-state index in [0.717, 1.165) is 31.0 Å². The first-order chi connectivity index (χ1) is 17.1. The van der Waals surface area contributed by atoms with E-state index in [-0.39, 0.29) is 0 Å². The molecule has 4 heteroatoms. The summed E-state index contributed by atoms with van der Waals surface area (Å²) in [5.41, 5.74) is 10.0. The van der Waals surface area contributed by atoms with Gasteiger partial charge < -0.3 is 19.3 Å². The van der Waals surface area contributed by atoms with Crippen LogP contribution in [0.3, 0.4) is 0 Å². The lowest BCUT2D eigenvalue weighted by Crippen LogP contribution is -2.31. The van der Waals surface area contributed by atoms with Gasteiger partial charge in [-0.3, -0.25) is 0 Å². The number of hydrogen-bond donors (Lipinski definition) is 0. The lowest BCUT2D eigenvalue weighted by Gasteiger charge is -2.31. The van der Waals surface area contributed by atoms with E-state index in [4.69, 9.17) is 9.47 Å². The maximum absolute atomic E-state index is 5.97. The summed E-state index contributed by atoms with van der Waals surface area (Å²) in [6, 6.07) is 30.5. The molecule has 0 spiro atoms. The van der Waals surface area contributed by atoms with Gasteiger partial charge in [0.2, 0.25) is 0 Å². The molecule has 176 valence electrons. The fourth-order valence-corrected chi connectivity index (χ4v) is 4.96. The zero-order valence-electron chi connectivity index (χ0n) is 20.3. The molecule has 4 nitrogen and oxygen atoms in total. The third kappa shape index (κ3) is 4.57. The van der Waals surface area contributed by atoms with Gasteiger partial charge in [0.15, 0.2) is 13.5 Å². The summed E-state index contributed by atoms with van der Waals surface area (Å²) >= 11 is 0. The van der Waals surface area contributed by atoms with Crippen molar-refractivity contribution in [2.24, 2.45) is 0 Å². The number of nitrogens with zero attached hydrogens (tertiary/aromatic N) is 2. The maximum Gasteiger partial charge on any atom is 0.161 e. The Morgan fingerprint density at radius 3 is 1.43 bits per heavy atom. The van der Waals surface area contributed by atoms with E-state index in [0.29, 0.717) is 13.5 Å². The van der Waals surface area contributed by atoms with Crippen molar-refractivity contribution in [3.05, 3.63) is 118 Å². The third-order valence-electron chi connectivity index (χ3n) is 6.92. The van der Waals surface area contributed by atoms with Gasteiger partial charge in [-0.05, 0) is 67.8 Å². The van der Waals surface area contributed by atoms with Crippen molar-refractivity contribution in [2.75, 3.05) is 23.3 Å². The maximum atomic E-state index is 5.97. The minimum Gasteiger partial charge on any atom is -0.473 e. The lowest BCUT2D eigenvalue weighted by molar-refractivity contribution is 0.289. The summed E-state index contributed by atoms with van der Waals surface area (Å²) in [7, 11) is 0. The Morgan fingerprint density at radius 2 is 1.00 bits per heavy atom. The molecule has 0 saturated carbocycles. The van der Waals surface area contributed by atoms with E-state index < -0.39 is 0 Å². The van der Waals surface area contributed by atoms with Crippen LogP contribution in [-0.2, 0) is 19.5 Å². The van der Waals surface area contributed by atoms with Gasteiger partial charge in [-0.2, -0.15) is 0 Å². The van der Waals surface area contributed by atoms with Crippen LogP contribution in [0.15, 0.2) is 84.9 Å². The van der Waals surface area contributed by atoms with E-state index >= 15 is 0 Å². The third-order valence-corrected chi connectivity index (χ3v) is 6.92. The van der Waals surface area contributed by atoms with Crippen LogP contribution in [0.1, 0.15) is 33.4 Å². The van der Waals surface area contributed by atoms with Gasteiger partial charge in [0.05, 0.1) is 0 Å². The van der Waals surface area contributed by atoms with Gasteiger partial charge in [-0.15, -0.1) is 0 Å². The summed E-state index contributed by atoms with van der Waals surface area (Å²) in [5, 5.41) is 0. The van der Waals surface area contributed by atoms with E-state index in [1.165, 1.54) is 44.8 Å². The Bertz CT molecular complexity index is 1240. The minimum absolute atomic E-state index is 0.584. The minimum atomic E-state index is 0.584. The van der Waals surface area contributed by atoms with Gasteiger partial charge in [0.1, 0.15) is 11.5 Å². The van der Waals surface area contributed by atoms with E-state index in [1.54, 1.807) is 0 Å². The van der Waals surface area contributed by atoms with E-state index in [1.807, 2.05) is 0 Å². The summed E-state index contributed by atoms with van der Waals surface area (Å²) < 4.78 is 11.9. The van der Waals surface area contributed by atoms with Crippen LogP contribution in [0.5, 0.6) is 11.5 Å². The number of fused-ring (bicyclic) bond motifs is 2. The van der Waals surface area contributed by atoms with Crippen LogP contribution >= 0.6 is 0 Å². The summed E-state index contributed by atoms with van der Waals surface area (Å²) in [4.78, 5) is 4.56. The van der Waals surface area contributed by atoms with Crippen LogP contribution < -0.4 is 19.3 Å². The molecule has 0 fully saturated rings. The topological polar surface area (TPSA) is 24.9 Å². The van der Waals surface area contributed by atoms with Gasteiger partial charge in [-0.25, -0.2) is 0 Å². The number of anilines is 2. The monoisotopic (exact) mass is 462 g/mol. The fraction of sp³-hybridized carbons (Fsp3) is 0.226. The fourth-order valence-electron chi connectivity index (χ4n) is 4.96. The molecule has 2 aliphatic heterocycles. The van der Waals surface area contributed by atoms with Crippen LogP contribution in [0.25, 0.3) is 0 Å². The number of rotatable bonds is 4. The zero-order valence-corrected chi connectivity index (χ0v) is 20.3. The molecule has 0 saturated heterocycles. The highest BCUT2D eigenvalue weighted by Crippen LogP contribution is 2.31. The Kier molecular flexibility index (Phi) is 5.57. The van der Waals surface area contributed by atoms with Crippen molar-refractivity contribution in [1.29, 1.82) is 0 Å². The van der Waals surface area contributed by atoms with Crippen molar-refractivity contribution < 1.29 is 9.47 Å². The number of aryl methyl sites for hydroxylation is 2. The second-order valence-corrected chi connectivity index (χ2v) is 9.67. The second-order valence-electron chi connectivity index (χ2n) is 9.67. The first kappa shape index (κ1) is 21.6. The Morgan fingerprint density at radius 1 is 0.571 bits per heavy atom. The predicted molar refractivity (Wildman–Crippen MR) is 141 cm³/mol. The van der Waals surface area contributed by atoms with Crippen molar-refractivity contribution >= 4 is 11.4 Å². The SMILES string of the molecule is Cc1ccc2c(c1)CN(c1ccc(Cc3ccc(N4COc5ccc(C)cc5C4)cc3)cc1)CO2. The van der Waals surface area contributed by atoms with Crippen molar-refractivity contribution in [2.45, 2.75) is 33.4 Å². The highest BCUT2D eigenvalue weighted by molar-refractivity contribution is 5.53. The van der Waals surface area contributed by atoms with Crippen molar-refractivity contribution in [3.63, 3.8) is 0 Å². The first-order valence-corrected chi connectivity index (χ1v) is 12.2. The molecule has 35 heavy (non-hydrogen) atoms. The molecular weight excluding hydrogens is 432 g/mol. The van der Waals surface area contributed by atoms with Gasteiger partial charge in [-0.1, -0.05) is 59.7 Å². The average molecular weight is 463 g/mol. The lowest BCUT2D eigenvalue weighted by atomic mass is 10.0. The van der Waals surface area contributed by atoms with Gasteiger partial charge in [0, 0.05) is 35.6 Å². The zero-order chi connectivity index (χ0) is 23.8. The van der Waals surface area contributed by atoms with Crippen molar-refractivity contribution in [3.8, 4) is 11.5 Å². The van der Waals surface area contributed by atoms with Gasteiger partial charge in [0.25, 0.3) is 0 Å². The van der Waals surface area contributed by atoms with Crippen LogP contribution in [0.2, 0.25) is 0 Å². The largest absolute Gasteiger partial charge is 0.473 e. The van der Waals surface area contributed by atoms with Crippen LogP contribution in [0.4, 0.5) is 11.4 Å². The molecule has 4 aromatic carbocycles. The van der Waals surface area contributed by atoms with E-state index in [9.17, 15) is 0 Å². The highest BCUT2D eigenvalue weighted by atomic mass is 16.5. The summed E-state index contributed by atoms with van der Waals surface area (Å²) in [6.45, 7) is 7.17. The molecule has 0 radical (unpaired) electrons. The molecule has 2 aliphatic rings. The molecule has 0 bridgehead atoms. The Hall–Kier alpha value is -3.92. The molecule has 4 aromatic rings. The molecule has 0 aromatic heterocycles. The molecule has 2 heterocycles.